The number of allylic oxidation sites excluding steroid dienone is 1. The van der Waals surface area contributed by atoms with Crippen LogP contribution in [-0.2, 0) is 0 Å². The van der Waals surface area contributed by atoms with Crippen LogP contribution >= 0.6 is 0 Å². The number of aliphatic hydroxyl groups is 1. The van der Waals surface area contributed by atoms with E-state index in [0.717, 1.165) is 47.1 Å². The molecular formula is C26H33N7O. The molecule has 178 valence electrons. The van der Waals surface area contributed by atoms with Crippen LogP contribution in [0.2, 0.25) is 0 Å². The molecule has 5 N–H and O–H groups in total. The highest BCUT2D eigenvalue weighted by Gasteiger charge is 2.45. The molecule has 8 heteroatoms. The van der Waals surface area contributed by atoms with Gasteiger partial charge in [-0.2, -0.15) is 0 Å². The number of nitrogens with one attached hydrogen (secondary N) is 2. The second kappa shape index (κ2) is 8.85. The monoisotopic (exact) mass is 459 g/mol. The summed E-state index contributed by atoms with van der Waals surface area (Å²) in [5, 5.41) is 17.0. The first-order valence-corrected chi connectivity index (χ1v) is 11.9. The Labute approximate surface area is 200 Å². The fraction of sp³-hybridized carbons (Fsp3) is 0.423. The van der Waals surface area contributed by atoms with E-state index in [0.29, 0.717) is 18.0 Å². The molecule has 1 spiro atoms. The zero-order valence-corrected chi connectivity index (χ0v) is 19.8. The second-order valence-electron chi connectivity index (χ2n) is 10.3. The van der Waals surface area contributed by atoms with E-state index >= 15 is 0 Å². The average molecular weight is 460 g/mol. The van der Waals surface area contributed by atoms with Crippen molar-refractivity contribution in [3.8, 4) is 11.4 Å². The summed E-state index contributed by atoms with van der Waals surface area (Å²) < 4.78 is 2.03. The molecular weight excluding hydrogens is 426 g/mol. The fourth-order valence-electron chi connectivity index (χ4n) is 5.02. The third-order valence-electron chi connectivity index (χ3n) is 6.78. The predicted octanol–water partition coefficient (Wildman–Crippen LogP) is 3.09. The van der Waals surface area contributed by atoms with E-state index in [1.807, 2.05) is 47.1 Å². The van der Waals surface area contributed by atoms with Crippen molar-refractivity contribution in [2.45, 2.75) is 44.8 Å². The first-order chi connectivity index (χ1) is 16.3. The van der Waals surface area contributed by atoms with Gasteiger partial charge in [0.25, 0.3) is 0 Å². The molecule has 1 saturated heterocycles. The standard InChI is InChI=1S/C26H33N7O/c1-25(2,34)16-29-13-19(12-27)18-6-7-24-30-14-22(33(24)15-18)21-4-3-5-23(32-21)31-20-10-26(11-20)8-9-28-17-26/h3-7,12-15,20,28,34H,8-11,16-17,27H2,1-2H3,(H,31,32). The molecule has 3 aromatic rings. The summed E-state index contributed by atoms with van der Waals surface area (Å²) in [5.41, 5.74) is 9.81. The average Bonchev–Trinajstić information content (AvgIpc) is 3.43. The maximum absolute atomic E-state index is 9.91. The van der Waals surface area contributed by atoms with Crippen LogP contribution in [0.4, 0.5) is 5.82 Å². The van der Waals surface area contributed by atoms with E-state index < -0.39 is 5.60 Å². The van der Waals surface area contributed by atoms with Crippen LogP contribution in [0.3, 0.4) is 0 Å². The molecule has 2 fully saturated rings. The van der Waals surface area contributed by atoms with Crippen molar-refractivity contribution in [3.63, 3.8) is 0 Å². The summed E-state index contributed by atoms with van der Waals surface area (Å²) in [6, 6.07) is 10.5. The van der Waals surface area contributed by atoms with Crippen LogP contribution in [0.1, 0.15) is 38.7 Å². The van der Waals surface area contributed by atoms with E-state index in [2.05, 4.69) is 20.6 Å². The highest BCUT2D eigenvalue weighted by Crippen LogP contribution is 2.46. The molecule has 1 saturated carbocycles. The Bertz CT molecular complexity index is 1220. The third kappa shape index (κ3) is 4.69. The highest BCUT2D eigenvalue weighted by atomic mass is 16.3. The predicted molar refractivity (Wildman–Crippen MR) is 137 cm³/mol. The zero-order chi connectivity index (χ0) is 23.8. The Morgan fingerprint density at radius 2 is 2.21 bits per heavy atom. The molecule has 1 aliphatic heterocycles. The van der Waals surface area contributed by atoms with Gasteiger partial charge in [0, 0.05) is 42.3 Å². The van der Waals surface area contributed by atoms with E-state index in [-0.39, 0.29) is 0 Å². The van der Waals surface area contributed by atoms with E-state index in [9.17, 15) is 5.11 Å². The highest BCUT2D eigenvalue weighted by molar-refractivity contribution is 6.09. The van der Waals surface area contributed by atoms with Crippen molar-refractivity contribution >= 4 is 23.3 Å². The van der Waals surface area contributed by atoms with Gasteiger partial charge >= 0.3 is 0 Å². The minimum Gasteiger partial charge on any atom is -0.404 e. The van der Waals surface area contributed by atoms with Gasteiger partial charge < -0.3 is 21.5 Å². The molecule has 2 aliphatic rings. The topological polar surface area (TPSA) is 113 Å². The Balaban J connectivity index is 1.36. The van der Waals surface area contributed by atoms with Crippen molar-refractivity contribution in [2.24, 2.45) is 16.1 Å². The van der Waals surface area contributed by atoms with Gasteiger partial charge in [-0.15, -0.1) is 0 Å². The molecule has 8 nitrogen and oxygen atoms in total. The molecule has 5 rings (SSSR count). The maximum atomic E-state index is 9.91. The lowest BCUT2D eigenvalue weighted by Crippen LogP contribution is -2.46. The van der Waals surface area contributed by atoms with Crippen molar-refractivity contribution in [2.75, 3.05) is 25.0 Å². The Morgan fingerprint density at radius 1 is 1.35 bits per heavy atom. The van der Waals surface area contributed by atoms with Crippen LogP contribution in [0.25, 0.3) is 22.6 Å². The van der Waals surface area contributed by atoms with Crippen molar-refractivity contribution in [1.29, 1.82) is 0 Å². The van der Waals surface area contributed by atoms with Crippen LogP contribution in [0.15, 0.2) is 53.9 Å². The van der Waals surface area contributed by atoms with Gasteiger partial charge in [0.1, 0.15) is 11.5 Å². The molecule has 0 bridgehead atoms. The summed E-state index contributed by atoms with van der Waals surface area (Å²) in [4.78, 5) is 13.8. The quantitative estimate of drug-likeness (QED) is 0.404. The summed E-state index contributed by atoms with van der Waals surface area (Å²) in [6.45, 7) is 6.04. The van der Waals surface area contributed by atoms with E-state index in [1.165, 1.54) is 25.5 Å². The van der Waals surface area contributed by atoms with E-state index in [1.54, 1.807) is 20.1 Å². The lowest BCUT2D eigenvalue weighted by atomic mass is 9.65. The summed E-state index contributed by atoms with van der Waals surface area (Å²) in [5.74, 6) is 0.899. The largest absolute Gasteiger partial charge is 0.404 e. The lowest BCUT2D eigenvalue weighted by molar-refractivity contribution is 0.0906. The molecule has 0 atom stereocenters. The zero-order valence-electron chi connectivity index (χ0n) is 19.8. The van der Waals surface area contributed by atoms with Gasteiger partial charge in [-0.1, -0.05) is 6.07 Å². The first kappa shape index (κ1) is 22.6. The number of aromatic nitrogens is 3. The lowest BCUT2D eigenvalue weighted by Gasteiger charge is -2.45. The molecule has 0 radical (unpaired) electrons. The number of anilines is 1. The van der Waals surface area contributed by atoms with Crippen LogP contribution in [0.5, 0.6) is 0 Å². The molecule has 1 aliphatic carbocycles. The number of pyridine rings is 2. The number of imidazole rings is 1. The number of nitrogens with two attached hydrogens (primary N) is 1. The third-order valence-corrected chi connectivity index (χ3v) is 6.78. The second-order valence-corrected chi connectivity index (χ2v) is 10.3. The summed E-state index contributed by atoms with van der Waals surface area (Å²) in [6.07, 6.45) is 10.8. The Hall–Kier alpha value is -3.23. The molecule has 34 heavy (non-hydrogen) atoms. The normalized spacial score (nSPS) is 23.1. The Morgan fingerprint density at radius 3 is 2.94 bits per heavy atom. The van der Waals surface area contributed by atoms with Crippen LogP contribution < -0.4 is 16.4 Å². The van der Waals surface area contributed by atoms with Gasteiger partial charge in [0.15, 0.2) is 0 Å². The Kier molecular flexibility index (Phi) is 5.87. The molecule has 4 heterocycles. The molecule has 3 aromatic heterocycles. The smallest absolute Gasteiger partial charge is 0.137 e. The number of hydrogen-bond donors (Lipinski definition) is 4. The molecule has 0 unspecified atom stereocenters. The number of aliphatic imine (C=N–C) groups is 1. The van der Waals surface area contributed by atoms with Crippen molar-refractivity contribution in [1.82, 2.24) is 19.7 Å². The van der Waals surface area contributed by atoms with Gasteiger partial charge in [0.2, 0.25) is 0 Å². The van der Waals surface area contributed by atoms with Gasteiger partial charge in [-0.25, -0.2) is 9.97 Å². The van der Waals surface area contributed by atoms with Gasteiger partial charge in [0.05, 0.1) is 29.7 Å². The summed E-state index contributed by atoms with van der Waals surface area (Å²) >= 11 is 0. The van der Waals surface area contributed by atoms with Gasteiger partial charge in [-0.05, 0) is 69.3 Å². The number of fused-ring (bicyclic) bond motifs is 1. The first-order valence-electron chi connectivity index (χ1n) is 11.9. The van der Waals surface area contributed by atoms with Gasteiger partial charge in [-0.3, -0.25) is 9.39 Å². The number of rotatable bonds is 7. The maximum Gasteiger partial charge on any atom is 0.137 e. The minimum atomic E-state index is -0.865. The SMILES string of the molecule is CC(C)(O)CN=CC(=CN)c1ccc2ncc(-c3cccc(NC4CC5(CCNC5)C4)n3)n2c1. The molecule has 0 aromatic carbocycles. The van der Waals surface area contributed by atoms with Crippen molar-refractivity contribution < 1.29 is 5.11 Å². The van der Waals surface area contributed by atoms with E-state index in [4.69, 9.17) is 10.7 Å². The summed E-state index contributed by atoms with van der Waals surface area (Å²) in [7, 11) is 0. The fourth-order valence-corrected chi connectivity index (χ4v) is 5.02. The number of nitrogens with zero attached hydrogens (tertiary/aromatic N) is 4. The minimum absolute atomic E-state index is 0.297. The number of hydrogen-bond acceptors (Lipinski definition) is 7. The van der Waals surface area contributed by atoms with Crippen molar-refractivity contribution in [3.05, 3.63) is 54.5 Å². The van der Waals surface area contributed by atoms with Crippen LogP contribution in [-0.4, -0.2) is 57.0 Å². The van der Waals surface area contributed by atoms with Crippen LogP contribution in [0, 0.1) is 5.41 Å². The molecule has 0 amide bonds.